The number of carboxylic acid groups (broad SMARTS) is 1. The summed E-state index contributed by atoms with van der Waals surface area (Å²) in [5.41, 5.74) is 1.10. The van der Waals surface area contributed by atoms with Gasteiger partial charge >= 0.3 is 5.97 Å². The number of thiophene rings is 1. The minimum absolute atomic E-state index is 0.291. The minimum atomic E-state index is -0.833. The molecule has 0 unspecified atom stereocenters. The minimum Gasteiger partial charge on any atom is -0.477 e. The SMILES string of the molecule is CCC(CC)(CNCc1cc(C(=O)O)sc1C)SC. The molecule has 0 fully saturated rings. The lowest BCUT2D eigenvalue weighted by molar-refractivity contribution is 0.0702. The highest BCUT2D eigenvalue weighted by atomic mass is 32.2. The summed E-state index contributed by atoms with van der Waals surface area (Å²) in [6.45, 7) is 8.13. The number of aromatic carboxylic acids is 1. The molecule has 0 aromatic carbocycles. The third-order valence-electron chi connectivity index (χ3n) is 3.72. The second kappa shape index (κ2) is 7.31. The third kappa shape index (κ3) is 4.23. The van der Waals surface area contributed by atoms with E-state index in [1.807, 2.05) is 18.7 Å². The Bertz CT molecular complexity index is 417. The monoisotopic (exact) mass is 301 g/mol. The van der Waals surface area contributed by atoms with Crippen molar-refractivity contribution in [3.63, 3.8) is 0 Å². The Hall–Kier alpha value is -0.520. The summed E-state index contributed by atoms with van der Waals surface area (Å²) in [7, 11) is 0. The van der Waals surface area contributed by atoms with E-state index in [0.717, 1.165) is 36.4 Å². The van der Waals surface area contributed by atoms with Gasteiger partial charge in [-0.3, -0.25) is 0 Å². The molecule has 3 nitrogen and oxygen atoms in total. The van der Waals surface area contributed by atoms with Crippen LogP contribution < -0.4 is 5.32 Å². The number of carboxylic acids is 1. The molecule has 0 amide bonds. The van der Waals surface area contributed by atoms with Crippen molar-refractivity contribution in [2.75, 3.05) is 12.8 Å². The molecule has 0 aliphatic rings. The maximum Gasteiger partial charge on any atom is 0.345 e. The third-order valence-corrected chi connectivity index (χ3v) is 6.38. The number of carbonyl (C=O) groups is 1. The van der Waals surface area contributed by atoms with E-state index in [1.165, 1.54) is 11.3 Å². The molecule has 5 heteroatoms. The fraction of sp³-hybridized carbons (Fsp3) is 0.643. The molecule has 1 heterocycles. The van der Waals surface area contributed by atoms with Gasteiger partial charge in [0.2, 0.25) is 0 Å². The Morgan fingerprint density at radius 1 is 1.47 bits per heavy atom. The highest BCUT2D eigenvalue weighted by Crippen LogP contribution is 2.30. The summed E-state index contributed by atoms with van der Waals surface area (Å²) in [4.78, 5) is 12.4. The average molecular weight is 301 g/mol. The van der Waals surface area contributed by atoms with Crippen molar-refractivity contribution in [3.05, 3.63) is 21.4 Å². The van der Waals surface area contributed by atoms with Gasteiger partial charge in [0.25, 0.3) is 0 Å². The van der Waals surface area contributed by atoms with Crippen LogP contribution in [0.4, 0.5) is 0 Å². The average Bonchev–Trinajstić information content (AvgIpc) is 2.77. The Balaban J connectivity index is 2.60. The quantitative estimate of drug-likeness (QED) is 0.767. The van der Waals surface area contributed by atoms with Crippen molar-refractivity contribution in [3.8, 4) is 0 Å². The van der Waals surface area contributed by atoms with Crippen LogP contribution in [0.1, 0.15) is 46.8 Å². The maximum absolute atomic E-state index is 10.9. The van der Waals surface area contributed by atoms with Crippen LogP contribution in [0.3, 0.4) is 0 Å². The van der Waals surface area contributed by atoms with E-state index < -0.39 is 5.97 Å². The molecule has 1 aromatic rings. The number of hydrogen-bond donors (Lipinski definition) is 2. The summed E-state index contributed by atoms with van der Waals surface area (Å²) in [5.74, 6) is -0.833. The van der Waals surface area contributed by atoms with Crippen LogP contribution in [0, 0.1) is 6.92 Å². The molecule has 2 N–H and O–H groups in total. The van der Waals surface area contributed by atoms with Gasteiger partial charge in [0.15, 0.2) is 0 Å². The van der Waals surface area contributed by atoms with E-state index in [9.17, 15) is 4.79 Å². The Kier molecular flexibility index (Phi) is 6.36. The molecule has 0 bridgehead atoms. The summed E-state index contributed by atoms with van der Waals surface area (Å²) in [5, 5.41) is 12.5. The number of aryl methyl sites for hydroxylation is 1. The predicted octanol–water partition coefficient (Wildman–Crippen LogP) is 3.77. The first-order valence-corrected chi connectivity index (χ1v) is 8.60. The van der Waals surface area contributed by atoms with Crippen LogP contribution in [-0.2, 0) is 6.54 Å². The zero-order chi connectivity index (χ0) is 14.5. The normalized spacial score (nSPS) is 11.8. The lowest BCUT2D eigenvalue weighted by Gasteiger charge is -2.30. The first-order valence-electron chi connectivity index (χ1n) is 6.56. The lowest BCUT2D eigenvalue weighted by Crippen LogP contribution is -2.36. The van der Waals surface area contributed by atoms with E-state index in [1.54, 1.807) is 6.07 Å². The Morgan fingerprint density at radius 3 is 2.53 bits per heavy atom. The smallest absolute Gasteiger partial charge is 0.345 e. The highest BCUT2D eigenvalue weighted by molar-refractivity contribution is 8.00. The highest BCUT2D eigenvalue weighted by Gasteiger charge is 2.24. The van der Waals surface area contributed by atoms with Crippen molar-refractivity contribution < 1.29 is 9.90 Å². The van der Waals surface area contributed by atoms with Gasteiger partial charge in [-0.25, -0.2) is 4.79 Å². The first-order chi connectivity index (χ1) is 8.98. The van der Waals surface area contributed by atoms with Gasteiger partial charge in [-0.15, -0.1) is 11.3 Å². The second-order valence-electron chi connectivity index (χ2n) is 4.70. The Labute approximate surface area is 123 Å². The van der Waals surface area contributed by atoms with Crippen molar-refractivity contribution in [2.24, 2.45) is 0 Å². The van der Waals surface area contributed by atoms with Crippen LogP contribution in [0.15, 0.2) is 6.07 Å². The fourth-order valence-electron chi connectivity index (χ4n) is 2.09. The first kappa shape index (κ1) is 16.5. The van der Waals surface area contributed by atoms with E-state index in [0.29, 0.717) is 9.62 Å². The van der Waals surface area contributed by atoms with Crippen LogP contribution in [0.2, 0.25) is 0 Å². The van der Waals surface area contributed by atoms with Crippen LogP contribution in [-0.4, -0.2) is 28.6 Å². The summed E-state index contributed by atoms with van der Waals surface area (Å²) in [6, 6.07) is 1.79. The lowest BCUT2D eigenvalue weighted by atomic mass is 10.0. The molecule has 0 spiro atoms. The standard InChI is InChI=1S/C14H23NO2S2/c1-5-14(6-2,18-4)9-15-8-11-7-12(13(16)17)19-10(11)3/h7,15H,5-6,8-9H2,1-4H3,(H,16,17). The molecule has 19 heavy (non-hydrogen) atoms. The van der Waals surface area contributed by atoms with Crippen LogP contribution in [0.25, 0.3) is 0 Å². The van der Waals surface area contributed by atoms with Crippen molar-refractivity contribution >= 4 is 29.1 Å². The van der Waals surface area contributed by atoms with Gasteiger partial charge < -0.3 is 10.4 Å². The van der Waals surface area contributed by atoms with Gasteiger partial charge in [0.1, 0.15) is 4.88 Å². The van der Waals surface area contributed by atoms with Gasteiger partial charge in [0.05, 0.1) is 0 Å². The van der Waals surface area contributed by atoms with Gasteiger partial charge in [0, 0.05) is 22.7 Å². The van der Waals surface area contributed by atoms with Gasteiger partial charge in [-0.2, -0.15) is 11.8 Å². The summed E-state index contributed by atoms with van der Waals surface area (Å²) < 4.78 is 0.291. The van der Waals surface area contributed by atoms with E-state index >= 15 is 0 Å². The molecule has 0 saturated carbocycles. The molecule has 1 aromatic heterocycles. The molecule has 0 radical (unpaired) electrons. The Morgan fingerprint density at radius 2 is 2.11 bits per heavy atom. The van der Waals surface area contributed by atoms with Crippen molar-refractivity contribution in [1.29, 1.82) is 0 Å². The summed E-state index contributed by atoms with van der Waals surface area (Å²) in [6.07, 6.45) is 4.44. The van der Waals surface area contributed by atoms with Gasteiger partial charge in [-0.1, -0.05) is 13.8 Å². The molecular formula is C14H23NO2S2. The topological polar surface area (TPSA) is 49.3 Å². The number of rotatable bonds is 8. The predicted molar refractivity (Wildman–Crippen MR) is 84.6 cm³/mol. The van der Waals surface area contributed by atoms with Crippen LogP contribution in [0.5, 0.6) is 0 Å². The molecule has 0 aliphatic carbocycles. The zero-order valence-corrected chi connectivity index (χ0v) is 13.7. The number of hydrogen-bond acceptors (Lipinski definition) is 4. The number of thioether (sulfide) groups is 1. The molecule has 1 rings (SSSR count). The zero-order valence-electron chi connectivity index (χ0n) is 12.1. The van der Waals surface area contributed by atoms with E-state index in [2.05, 4.69) is 25.4 Å². The molecular weight excluding hydrogens is 278 g/mol. The molecule has 0 atom stereocenters. The maximum atomic E-state index is 10.9. The second-order valence-corrected chi connectivity index (χ2v) is 7.23. The molecule has 108 valence electrons. The van der Waals surface area contributed by atoms with Crippen molar-refractivity contribution in [1.82, 2.24) is 5.32 Å². The molecule has 0 saturated heterocycles. The van der Waals surface area contributed by atoms with Crippen molar-refractivity contribution in [2.45, 2.75) is 44.9 Å². The number of nitrogens with one attached hydrogen (secondary N) is 1. The van der Waals surface area contributed by atoms with E-state index in [-0.39, 0.29) is 0 Å². The van der Waals surface area contributed by atoms with Gasteiger partial charge in [-0.05, 0) is 37.7 Å². The van der Waals surface area contributed by atoms with E-state index in [4.69, 9.17) is 5.11 Å². The summed E-state index contributed by atoms with van der Waals surface area (Å²) >= 11 is 3.27. The van der Waals surface area contributed by atoms with Crippen LogP contribution >= 0.6 is 23.1 Å². The molecule has 0 aliphatic heterocycles. The largest absolute Gasteiger partial charge is 0.477 e. The fourth-order valence-corrected chi connectivity index (χ4v) is 3.79.